The molecule has 0 heterocycles. The number of aryl methyl sites for hydroxylation is 2. The summed E-state index contributed by atoms with van der Waals surface area (Å²) in [5.74, 6) is 0. The van der Waals surface area contributed by atoms with E-state index < -0.39 is 18.6 Å². The smallest absolute Gasteiger partial charge is 1.00 e. The molecule has 0 aliphatic heterocycles. The molecule has 110 valence electrons. The Morgan fingerprint density at radius 3 is 2.30 bits per heavy atom. The molecule has 20 heavy (non-hydrogen) atoms. The summed E-state index contributed by atoms with van der Waals surface area (Å²) in [5, 5.41) is 0. The Kier molecular flexibility index (Phi) is 10.3. The van der Waals surface area contributed by atoms with Crippen molar-refractivity contribution in [2.75, 3.05) is 12.9 Å². The van der Waals surface area contributed by atoms with Crippen LogP contribution in [-0.4, -0.2) is 22.0 Å². The van der Waals surface area contributed by atoms with Crippen LogP contribution in [0.3, 0.4) is 0 Å². The number of phosphoric ester groups is 1. The molecule has 0 aliphatic carbocycles. The maximum atomic E-state index is 11.6. The molecule has 0 amide bonds. The predicted molar refractivity (Wildman–Crippen MR) is 77.8 cm³/mol. The molecule has 0 aliphatic rings. The summed E-state index contributed by atoms with van der Waals surface area (Å²) < 4.78 is 32.3. The first-order valence-corrected chi connectivity index (χ1v) is 9.34. The largest absolute Gasteiger partial charge is 1.00 e. The van der Waals surface area contributed by atoms with Gasteiger partial charge >= 0.3 is 59.2 Å². The van der Waals surface area contributed by atoms with Crippen molar-refractivity contribution in [2.24, 2.45) is 0 Å². The minimum atomic E-state index is -4.02. The summed E-state index contributed by atoms with van der Waals surface area (Å²) in [6.45, 7) is 5.39. The summed E-state index contributed by atoms with van der Waals surface area (Å²) in [4.78, 5) is 10.7. The van der Waals surface area contributed by atoms with E-state index in [0.29, 0.717) is 4.90 Å². The quantitative estimate of drug-likeness (QED) is 0.445. The summed E-state index contributed by atoms with van der Waals surface area (Å²) in [7, 11) is -5.08. The van der Waals surface area contributed by atoms with Crippen LogP contribution in [0.1, 0.15) is 19.5 Å². The van der Waals surface area contributed by atoms with E-state index in [9.17, 15) is 13.7 Å². The van der Waals surface area contributed by atoms with Crippen molar-refractivity contribution in [1.29, 1.82) is 0 Å². The molecule has 1 aromatic rings. The van der Waals surface area contributed by atoms with Gasteiger partial charge in [0.05, 0.1) is 17.4 Å². The van der Waals surface area contributed by atoms with Crippen molar-refractivity contribution in [3.05, 3.63) is 23.3 Å². The van der Waals surface area contributed by atoms with E-state index in [-0.39, 0.29) is 59.4 Å². The van der Waals surface area contributed by atoms with Gasteiger partial charge in [-0.25, -0.2) is 8.54 Å². The summed E-state index contributed by atoms with van der Waals surface area (Å²) in [6.07, 6.45) is 1.62. The van der Waals surface area contributed by atoms with Gasteiger partial charge in [0.2, 0.25) is 0 Å². The zero-order chi connectivity index (χ0) is 14.6. The third kappa shape index (κ3) is 6.70. The molecule has 0 radical (unpaired) electrons. The molecule has 0 saturated carbocycles. The number of rotatable bonds is 6. The van der Waals surface area contributed by atoms with Crippen molar-refractivity contribution < 1.29 is 75.0 Å². The molecule has 1 N–H and O–H groups in total. The van der Waals surface area contributed by atoms with Crippen LogP contribution in [0.4, 0.5) is 0 Å². The van der Waals surface area contributed by atoms with E-state index in [4.69, 9.17) is 3.97 Å². The van der Waals surface area contributed by atoms with Gasteiger partial charge in [0.15, 0.2) is 0 Å². The van der Waals surface area contributed by atoms with Gasteiger partial charge in [0.1, 0.15) is 0 Å². The van der Waals surface area contributed by atoms with Gasteiger partial charge < -0.3 is 6.32 Å². The first-order valence-electron chi connectivity index (χ1n) is 5.55. The Bertz CT molecular complexity index is 520. The maximum absolute atomic E-state index is 11.6. The topological polar surface area (TPSA) is 72.8 Å². The van der Waals surface area contributed by atoms with E-state index in [1.54, 1.807) is 25.3 Å². The van der Waals surface area contributed by atoms with E-state index in [1.807, 2.05) is 13.8 Å². The third-order valence-electron chi connectivity index (χ3n) is 2.24. The van der Waals surface area contributed by atoms with E-state index in [2.05, 4.69) is 4.52 Å². The number of benzene rings is 1. The minimum absolute atomic E-state index is 0. The molecule has 0 aromatic heterocycles. The fourth-order valence-electron chi connectivity index (χ4n) is 1.69. The molecule has 1 rings (SSSR count). The van der Waals surface area contributed by atoms with Crippen molar-refractivity contribution in [3.63, 3.8) is 0 Å². The Morgan fingerprint density at radius 1 is 1.40 bits per heavy atom. The van der Waals surface area contributed by atoms with Crippen LogP contribution in [-0.2, 0) is 23.9 Å². The van der Waals surface area contributed by atoms with Crippen molar-refractivity contribution in [2.45, 2.75) is 30.6 Å². The van der Waals surface area contributed by atoms with E-state index in [1.165, 1.54) is 0 Å². The monoisotopic (exact) mass is 364 g/mol. The van der Waals surface area contributed by atoms with Crippen molar-refractivity contribution in [1.82, 2.24) is 0 Å². The van der Waals surface area contributed by atoms with Crippen LogP contribution in [0.15, 0.2) is 21.9 Å². The second kappa shape index (κ2) is 9.57. The van der Waals surface area contributed by atoms with Crippen LogP contribution in [0.2, 0.25) is 0 Å². The average molecular weight is 364 g/mol. The Hall–Kier alpha value is 1.47. The third-order valence-corrected chi connectivity index (χ3v) is 5.52. The zero-order valence-corrected chi connectivity index (χ0v) is 17.9. The first-order chi connectivity index (χ1) is 8.76. The number of hydrogen-bond acceptors (Lipinski definition) is 5. The van der Waals surface area contributed by atoms with Gasteiger partial charge in [0.25, 0.3) is 0 Å². The Balaban J connectivity index is 0. The Morgan fingerprint density at radius 2 is 1.90 bits per heavy atom. The first kappa shape index (κ1) is 21.5. The summed E-state index contributed by atoms with van der Waals surface area (Å²) >= 11 is 0.779. The second-order valence-electron chi connectivity index (χ2n) is 3.88. The van der Waals surface area contributed by atoms with Crippen LogP contribution in [0.5, 0.6) is 0 Å². The molecule has 2 atom stereocenters. The van der Waals surface area contributed by atoms with Crippen LogP contribution in [0.25, 0.3) is 0 Å². The Labute approximate surface area is 170 Å². The van der Waals surface area contributed by atoms with Crippen LogP contribution >= 0.6 is 19.9 Å². The van der Waals surface area contributed by atoms with E-state index >= 15 is 0 Å². The van der Waals surface area contributed by atoms with Crippen molar-refractivity contribution in [3.8, 4) is 0 Å². The standard InChI is InChI=1S/C11H17O5PS2.K.H/c1-5-15-17(12,13)16-18-10-6-8(2)11(19(4)14)9(3)7-10;;/h6-7H,5H2,1-4H3,(H,12,13);;/q;+1;-1. The second-order valence-corrected chi connectivity index (χ2v) is 7.63. The van der Waals surface area contributed by atoms with Gasteiger partial charge in [-0.2, -0.15) is 0 Å². The molecule has 5 nitrogen and oxygen atoms in total. The molecule has 0 saturated heterocycles. The molecular weight excluding hydrogens is 346 g/mol. The average Bonchev–Trinajstić information content (AvgIpc) is 2.25. The van der Waals surface area contributed by atoms with Gasteiger partial charge in [-0.1, -0.05) is 0 Å². The van der Waals surface area contributed by atoms with Gasteiger partial charge in [0, 0.05) is 28.1 Å². The molecule has 9 heteroatoms. The maximum Gasteiger partial charge on any atom is 1.00 e. The normalized spacial score (nSPS) is 15.2. The van der Waals surface area contributed by atoms with Crippen LogP contribution < -0.4 is 51.4 Å². The molecule has 0 bridgehead atoms. The predicted octanol–water partition coefficient (Wildman–Crippen LogP) is 0.318. The van der Waals surface area contributed by atoms with Gasteiger partial charge in [-0.3, -0.25) is 8.73 Å². The fraction of sp³-hybridized carbons (Fsp3) is 0.455. The molecule has 0 spiro atoms. The van der Waals surface area contributed by atoms with Crippen LogP contribution in [0, 0.1) is 13.8 Å². The summed E-state index contributed by atoms with van der Waals surface area (Å²) in [6, 6.07) is 3.53. The fourth-order valence-corrected chi connectivity index (χ4v) is 4.38. The summed E-state index contributed by atoms with van der Waals surface area (Å²) in [5.41, 5.74) is 1.72. The molecule has 0 fully saturated rings. The molecule has 1 aromatic carbocycles. The van der Waals surface area contributed by atoms with Gasteiger partial charge in [-0.05, 0) is 44.0 Å². The molecule has 2 unspecified atom stereocenters. The number of phosphoric acid groups is 1. The minimum Gasteiger partial charge on any atom is -1.00 e. The van der Waals surface area contributed by atoms with Gasteiger partial charge in [-0.15, -0.1) is 0 Å². The SMILES string of the molecule is CCOP(=O)(O)OSc1cc(C)c(S(C)=O)c(C)c1.[H-].[K+]. The number of hydrogen-bond donors (Lipinski definition) is 1. The van der Waals surface area contributed by atoms with E-state index in [0.717, 1.165) is 28.1 Å². The van der Waals surface area contributed by atoms with Crippen molar-refractivity contribution >= 4 is 30.7 Å². The molecular formula is C11H18KO5PS2. The zero-order valence-electron chi connectivity index (χ0n) is 13.2.